The molecule has 1 fully saturated rings. The Morgan fingerprint density at radius 3 is 2.84 bits per heavy atom. The molecule has 0 amide bonds. The van der Waals surface area contributed by atoms with E-state index >= 15 is 0 Å². The number of likely N-dealkylation sites (N-methyl/N-ethyl adjacent to an activating group) is 1. The zero-order chi connectivity index (χ0) is 17.2. The second-order valence-corrected chi connectivity index (χ2v) is 7.80. The predicted octanol–water partition coefficient (Wildman–Crippen LogP) is 3.50. The van der Waals surface area contributed by atoms with Crippen LogP contribution in [-0.2, 0) is 19.5 Å². The summed E-state index contributed by atoms with van der Waals surface area (Å²) in [5, 5.41) is 0.820. The van der Waals surface area contributed by atoms with Crippen LogP contribution >= 0.6 is 11.6 Å². The fourth-order valence-corrected chi connectivity index (χ4v) is 4.13. The monoisotopic (exact) mass is 356 g/mol. The fourth-order valence-electron chi connectivity index (χ4n) is 3.91. The van der Waals surface area contributed by atoms with Gasteiger partial charge in [-0.3, -0.25) is 4.90 Å². The van der Waals surface area contributed by atoms with Crippen LogP contribution in [-0.4, -0.2) is 46.4 Å². The average molecular weight is 357 g/mol. The molecule has 1 saturated heterocycles. The van der Waals surface area contributed by atoms with Gasteiger partial charge in [0.2, 0.25) is 0 Å². The molecule has 2 aliphatic heterocycles. The van der Waals surface area contributed by atoms with Crippen LogP contribution in [0.15, 0.2) is 30.5 Å². The molecule has 0 bridgehead atoms. The van der Waals surface area contributed by atoms with E-state index in [9.17, 15) is 0 Å². The summed E-state index contributed by atoms with van der Waals surface area (Å²) in [7, 11) is 2.16. The molecule has 2 aliphatic rings. The molecule has 3 heterocycles. The lowest BCUT2D eigenvalue weighted by atomic mass is 9.95. The van der Waals surface area contributed by atoms with E-state index in [0.29, 0.717) is 5.92 Å². The molecular weight excluding hydrogens is 332 g/mol. The molecule has 25 heavy (non-hydrogen) atoms. The van der Waals surface area contributed by atoms with E-state index < -0.39 is 0 Å². The van der Waals surface area contributed by atoms with E-state index in [4.69, 9.17) is 21.6 Å². The van der Waals surface area contributed by atoms with Crippen LogP contribution in [0.5, 0.6) is 0 Å². The van der Waals surface area contributed by atoms with Crippen molar-refractivity contribution in [1.82, 2.24) is 19.8 Å². The number of piperidine rings is 1. The molecule has 0 aliphatic carbocycles. The van der Waals surface area contributed by atoms with E-state index in [0.717, 1.165) is 62.8 Å². The molecule has 0 spiro atoms. The zero-order valence-corrected chi connectivity index (χ0v) is 15.5. The smallest absolute Gasteiger partial charge is 0.131 e. The molecule has 4 rings (SSSR count). The number of hydrogen-bond acceptors (Lipinski definition) is 4. The Bertz CT molecular complexity index is 740. The molecule has 0 unspecified atom stereocenters. The Morgan fingerprint density at radius 2 is 2.04 bits per heavy atom. The number of nitrogens with zero attached hydrogens (tertiary/aromatic N) is 4. The standard InChI is InChI=1S/C20H25ClN4/c1-24-8-7-19-17(14-24)12-22-20(23-19)16-5-9-25(10-6-16)13-15-3-2-4-18(21)11-15/h2-4,11-12,16H,5-10,13-14H2,1H3. The zero-order valence-electron chi connectivity index (χ0n) is 14.8. The second-order valence-electron chi connectivity index (χ2n) is 7.37. The van der Waals surface area contributed by atoms with Gasteiger partial charge in [0.15, 0.2) is 0 Å². The maximum Gasteiger partial charge on any atom is 0.131 e. The van der Waals surface area contributed by atoms with Crippen molar-refractivity contribution in [2.75, 3.05) is 26.7 Å². The van der Waals surface area contributed by atoms with Crippen LogP contribution in [0.4, 0.5) is 0 Å². The fraction of sp³-hybridized carbons (Fsp3) is 0.500. The maximum absolute atomic E-state index is 6.09. The lowest BCUT2D eigenvalue weighted by Gasteiger charge is -2.32. The minimum absolute atomic E-state index is 0.501. The molecule has 1 aromatic heterocycles. The normalized spacial score (nSPS) is 19.8. The van der Waals surface area contributed by atoms with Gasteiger partial charge in [-0.1, -0.05) is 23.7 Å². The van der Waals surface area contributed by atoms with Gasteiger partial charge >= 0.3 is 0 Å². The Hall–Kier alpha value is -1.49. The van der Waals surface area contributed by atoms with Crippen LogP contribution in [0.25, 0.3) is 0 Å². The van der Waals surface area contributed by atoms with Crippen molar-refractivity contribution in [3.05, 3.63) is 58.1 Å². The van der Waals surface area contributed by atoms with Gasteiger partial charge in [0, 0.05) is 54.4 Å². The van der Waals surface area contributed by atoms with Gasteiger partial charge in [0.25, 0.3) is 0 Å². The highest BCUT2D eigenvalue weighted by Gasteiger charge is 2.24. The number of likely N-dealkylation sites (tertiary alicyclic amines) is 1. The molecule has 132 valence electrons. The third kappa shape index (κ3) is 4.02. The van der Waals surface area contributed by atoms with E-state index in [1.54, 1.807) is 0 Å². The molecule has 2 aromatic rings. The summed E-state index contributed by atoms with van der Waals surface area (Å²) in [6.07, 6.45) is 5.39. The quantitative estimate of drug-likeness (QED) is 0.842. The van der Waals surface area contributed by atoms with Crippen molar-refractivity contribution in [2.24, 2.45) is 0 Å². The summed E-state index contributed by atoms with van der Waals surface area (Å²) in [5.41, 5.74) is 3.86. The Balaban J connectivity index is 1.37. The molecule has 0 N–H and O–H groups in total. The van der Waals surface area contributed by atoms with Crippen molar-refractivity contribution >= 4 is 11.6 Å². The number of fused-ring (bicyclic) bond motifs is 1. The van der Waals surface area contributed by atoms with E-state index in [1.807, 2.05) is 12.1 Å². The average Bonchev–Trinajstić information content (AvgIpc) is 2.62. The summed E-state index contributed by atoms with van der Waals surface area (Å²) < 4.78 is 0. The summed E-state index contributed by atoms with van der Waals surface area (Å²) in [5.74, 6) is 1.56. The molecular formula is C20H25ClN4. The van der Waals surface area contributed by atoms with Gasteiger partial charge in [0.1, 0.15) is 5.82 Å². The van der Waals surface area contributed by atoms with Crippen molar-refractivity contribution in [3.8, 4) is 0 Å². The number of aromatic nitrogens is 2. The third-order valence-corrected chi connectivity index (χ3v) is 5.63. The topological polar surface area (TPSA) is 32.3 Å². The SMILES string of the molecule is CN1CCc2nc(C3CCN(Cc4cccc(Cl)c4)CC3)ncc2C1. The van der Waals surface area contributed by atoms with Gasteiger partial charge < -0.3 is 4.90 Å². The third-order valence-electron chi connectivity index (χ3n) is 5.39. The minimum Gasteiger partial charge on any atom is -0.302 e. The number of halogens is 1. The lowest BCUT2D eigenvalue weighted by molar-refractivity contribution is 0.201. The first-order valence-corrected chi connectivity index (χ1v) is 9.55. The van der Waals surface area contributed by atoms with Crippen molar-refractivity contribution in [1.29, 1.82) is 0 Å². The van der Waals surface area contributed by atoms with E-state index in [1.165, 1.54) is 16.8 Å². The molecule has 5 heteroatoms. The second kappa shape index (κ2) is 7.40. The molecule has 0 saturated carbocycles. The van der Waals surface area contributed by atoms with Crippen LogP contribution in [0.1, 0.15) is 41.4 Å². The van der Waals surface area contributed by atoms with Gasteiger partial charge in [-0.25, -0.2) is 9.97 Å². The maximum atomic E-state index is 6.09. The highest BCUT2D eigenvalue weighted by atomic mass is 35.5. The molecule has 0 radical (unpaired) electrons. The van der Waals surface area contributed by atoms with Crippen molar-refractivity contribution in [2.45, 2.75) is 38.3 Å². The van der Waals surface area contributed by atoms with Gasteiger partial charge in [-0.05, 0) is 50.7 Å². The summed E-state index contributed by atoms with van der Waals surface area (Å²) >= 11 is 6.09. The summed E-state index contributed by atoms with van der Waals surface area (Å²) in [6.45, 7) is 5.25. The Kier molecular flexibility index (Phi) is 5.02. The minimum atomic E-state index is 0.501. The first kappa shape index (κ1) is 17.0. The summed E-state index contributed by atoms with van der Waals surface area (Å²) in [6, 6.07) is 8.18. The van der Waals surface area contributed by atoms with Crippen LogP contribution in [0, 0.1) is 0 Å². The van der Waals surface area contributed by atoms with E-state index in [-0.39, 0.29) is 0 Å². The molecule has 4 nitrogen and oxygen atoms in total. The highest BCUT2D eigenvalue weighted by molar-refractivity contribution is 6.30. The first-order chi connectivity index (χ1) is 12.2. The van der Waals surface area contributed by atoms with E-state index in [2.05, 4.69) is 35.2 Å². The van der Waals surface area contributed by atoms with Crippen LogP contribution < -0.4 is 0 Å². The molecule has 0 atom stereocenters. The summed E-state index contributed by atoms with van der Waals surface area (Å²) in [4.78, 5) is 14.5. The van der Waals surface area contributed by atoms with Crippen LogP contribution in [0.2, 0.25) is 5.02 Å². The van der Waals surface area contributed by atoms with Crippen molar-refractivity contribution in [3.63, 3.8) is 0 Å². The number of hydrogen-bond donors (Lipinski definition) is 0. The highest BCUT2D eigenvalue weighted by Crippen LogP contribution is 2.28. The van der Waals surface area contributed by atoms with Gasteiger partial charge in [-0.2, -0.15) is 0 Å². The Morgan fingerprint density at radius 1 is 1.20 bits per heavy atom. The predicted molar refractivity (Wildman–Crippen MR) is 101 cm³/mol. The first-order valence-electron chi connectivity index (χ1n) is 9.17. The largest absolute Gasteiger partial charge is 0.302 e. The van der Waals surface area contributed by atoms with Gasteiger partial charge in [-0.15, -0.1) is 0 Å². The number of rotatable bonds is 3. The number of benzene rings is 1. The van der Waals surface area contributed by atoms with Crippen molar-refractivity contribution < 1.29 is 0 Å². The van der Waals surface area contributed by atoms with Gasteiger partial charge in [0.05, 0.1) is 0 Å². The van der Waals surface area contributed by atoms with Crippen LogP contribution in [0.3, 0.4) is 0 Å². The molecule has 1 aromatic carbocycles. The Labute approximate surface area is 154 Å². The lowest BCUT2D eigenvalue weighted by Crippen LogP contribution is -2.33.